The van der Waals surface area contributed by atoms with Crippen LogP contribution >= 0.6 is 0 Å². The van der Waals surface area contributed by atoms with E-state index in [0.29, 0.717) is 25.0 Å². The van der Waals surface area contributed by atoms with E-state index in [4.69, 9.17) is 4.74 Å². The van der Waals surface area contributed by atoms with Crippen LogP contribution in [0.4, 0.5) is 0 Å². The molecule has 1 heterocycles. The average molecular weight is 294 g/mol. The van der Waals surface area contributed by atoms with E-state index in [1.165, 1.54) is 0 Å². The predicted molar refractivity (Wildman–Crippen MR) is 87.5 cm³/mol. The van der Waals surface area contributed by atoms with Gasteiger partial charge in [-0.3, -0.25) is 9.36 Å². The minimum Gasteiger partial charge on any atom is -0.381 e. The zero-order valence-electron chi connectivity index (χ0n) is 12.5. The third-order valence-electron chi connectivity index (χ3n) is 3.53. The molecular formula is C18H18N2O2. The largest absolute Gasteiger partial charge is 0.381 e. The fraction of sp³-hybridized carbons (Fsp3) is 0.222. The monoisotopic (exact) mass is 294 g/mol. The number of benzene rings is 2. The van der Waals surface area contributed by atoms with Gasteiger partial charge in [-0.05, 0) is 31.2 Å². The van der Waals surface area contributed by atoms with Crippen molar-refractivity contribution in [3.63, 3.8) is 0 Å². The normalized spacial score (nSPS) is 11.0. The first-order chi connectivity index (χ1) is 10.8. The van der Waals surface area contributed by atoms with Gasteiger partial charge in [0, 0.05) is 13.0 Å². The van der Waals surface area contributed by atoms with Crippen LogP contribution in [0.1, 0.15) is 12.7 Å². The summed E-state index contributed by atoms with van der Waals surface area (Å²) >= 11 is 0. The van der Waals surface area contributed by atoms with Crippen LogP contribution < -0.4 is 5.56 Å². The molecule has 0 atom stereocenters. The summed E-state index contributed by atoms with van der Waals surface area (Å²) in [7, 11) is 0. The van der Waals surface area contributed by atoms with Crippen molar-refractivity contribution in [2.75, 3.05) is 13.2 Å². The molecule has 1 aromatic heterocycles. The molecule has 0 amide bonds. The van der Waals surface area contributed by atoms with Crippen LogP contribution in [0.15, 0.2) is 59.4 Å². The van der Waals surface area contributed by atoms with E-state index in [9.17, 15) is 4.79 Å². The number of fused-ring (bicyclic) bond motifs is 1. The molecular weight excluding hydrogens is 276 g/mol. The lowest BCUT2D eigenvalue weighted by Crippen LogP contribution is -2.24. The van der Waals surface area contributed by atoms with Crippen LogP contribution in [0, 0.1) is 0 Å². The second-order valence-corrected chi connectivity index (χ2v) is 4.97. The molecule has 0 saturated heterocycles. The molecule has 0 radical (unpaired) electrons. The van der Waals surface area contributed by atoms with Gasteiger partial charge in [-0.2, -0.15) is 0 Å². The van der Waals surface area contributed by atoms with Gasteiger partial charge < -0.3 is 4.74 Å². The van der Waals surface area contributed by atoms with Crippen molar-refractivity contribution in [1.29, 1.82) is 0 Å². The van der Waals surface area contributed by atoms with Gasteiger partial charge in [0.1, 0.15) is 5.82 Å². The van der Waals surface area contributed by atoms with E-state index in [0.717, 1.165) is 17.0 Å². The fourth-order valence-corrected chi connectivity index (χ4v) is 2.50. The van der Waals surface area contributed by atoms with Gasteiger partial charge in [0.05, 0.1) is 23.2 Å². The third-order valence-corrected chi connectivity index (χ3v) is 3.53. The van der Waals surface area contributed by atoms with Crippen LogP contribution in [0.2, 0.25) is 0 Å². The van der Waals surface area contributed by atoms with E-state index in [1.54, 1.807) is 4.57 Å². The summed E-state index contributed by atoms with van der Waals surface area (Å²) in [6.07, 6.45) is 0.600. The molecule has 0 aliphatic rings. The first-order valence-electron chi connectivity index (χ1n) is 7.45. The zero-order chi connectivity index (χ0) is 15.4. The standard InChI is InChI=1S/C18H18N2O2/c1-2-22-13-12-17-19-16-11-7-6-10-15(16)18(21)20(17)14-8-4-3-5-9-14/h3-11H,2,12-13H2,1H3. The third kappa shape index (κ3) is 2.78. The first kappa shape index (κ1) is 14.5. The van der Waals surface area contributed by atoms with Gasteiger partial charge in [-0.1, -0.05) is 30.3 Å². The molecule has 0 bridgehead atoms. The number of ether oxygens (including phenoxy) is 1. The molecule has 3 aromatic rings. The SMILES string of the molecule is CCOCCc1nc2ccccc2c(=O)n1-c1ccccc1. The maximum atomic E-state index is 12.9. The number of rotatable bonds is 5. The van der Waals surface area contributed by atoms with Crippen molar-refractivity contribution < 1.29 is 4.74 Å². The molecule has 0 aliphatic heterocycles. The van der Waals surface area contributed by atoms with E-state index < -0.39 is 0 Å². The first-order valence-corrected chi connectivity index (χ1v) is 7.45. The minimum absolute atomic E-state index is 0.0386. The second-order valence-electron chi connectivity index (χ2n) is 4.97. The zero-order valence-corrected chi connectivity index (χ0v) is 12.5. The maximum absolute atomic E-state index is 12.9. The molecule has 0 spiro atoms. The number of nitrogens with zero attached hydrogens (tertiary/aromatic N) is 2. The van der Waals surface area contributed by atoms with Gasteiger partial charge in [0.2, 0.25) is 0 Å². The Morgan fingerprint density at radius 1 is 1.05 bits per heavy atom. The fourth-order valence-electron chi connectivity index (χ4n) is 2.50. The topological polar surface area (TPSA) is 44.1 Å². The lowest BCUT2D eigenvalue weighted by Gasteiger charge is -2.13. The van der Waals surface area contributed by atoms with Gasteiger partial charge in [-0.15, -0.1) is 0 Å². The smallest absolute Gasteiger partial charge is 0.265 e. The summed E-state index contributed by atoms with van der Waals surface area (Å²) < 4.78 is 7.11. The van der Waals surface area contributed by atoms with Crippen LogP contribution in [0.5, 0.6) is 0 Å². The van der Waals surface area contributed by atoms with E-state index in [2.05, 4.69) is 4.98 Å². The Labute approximate surface area is 129 Å². The lowest BCUT2D eigenvalue weighted by atomic mass is 10.2. The Morgan fingerprint density at radius 2 is 1.77 bits per heavy atom. The van der Waals surface area contributed by atoms with Gasteiger partial charge in [0.15, 0.2) is 0 Å². The van der Waals surface area contributed by atoms with Gasteiger partial charge in [0.25, 0.3) is 5.56 Å². The molecule has 112 valence electrons. The molecule has 2 aromatic carbocycles. The van der Waals surface area contributed by atoms with Crippen LogP contribution in [-0.4, -0.2) is 22.8 Å². The van der Waals surface area contributed by atoms with Gasteiger partial charge in [-0.25, -0.2) is 4.98 Å². The summed E-state index contributed by atoms with van der Waals surface area (Å²) in [5.41, 5.74) is 1.52. The molecule has 4 nitrogen and oxygen atoms in total. The molecule has 0 aliphatic carbocycles. The summed E-state index contributed by atoms with van der Waals surface area (Å²) in [6, 6.07) is 17.1. The Kier molecular flexibility index (Phi) is 4.30. The lowest BCUT2D eigenvalue weighted by molar-refractivity contribution is 0.149. The molecule has 22 heavy (non-hydrogen) atoms. The second kappa shape index (κ2) is 6.54. The van der Waals surface area contributed by atoms with Crippen molar-refractivity contribution in [1.82, 2.24) is 9.55 Å². The number of hydrogen-bond acceptors (Lipinski definition) is 3. The highest BCUT2D eigenvalue weighted by Crippen LogP contribution is 2.13. The van der Waals surface area contributed by atoms with Crippen molar-refractivity contribution in [3.05, 3.63) is 70.8 Å². The van der Waals surface area contributed by atoms with Crippen molar-refractivity contribution in [2.24, 2.45) is 0 Å². The van der Waals surface area contributed by atoms with E-state index in [-0.39, 0.29) is 5.56 Å². The Hall–Kier alpha value is -2.46. The van der Waals surface area contributed by atoms with Crippen molar-refractivity contribution in [3.8, 4) is 5.69 Å². The number of hydrogen-bond donors (Lipinski definition) is 0. The minimum atomic E-state index is -0.0386. The summed E-state index contributed by atoms with van der Waals surface area (Å²) in [4.78, 5) is 17.5. The van der Waals surface area contributed by atoms with Gasteiger partial charge >= 0.3 is 0 Å². The highest BCUT2D eigenvalue weighted by molar-refractivity contribution is 5.77. The number of aromatic nitrogens is 2. The average Bonchev–Trinajstić information content (AvgIpc) is 2.56. The Bertz CT molecular complexity index is 825. The van der Waals surface area contributed by atoms with Crippen molar-refractivity contribution in [2.45, 2.75) is 13.3 Å². The van der Waals surface area contributed by atoms with Crippen LogP contribution in [0.3, 0.4) is 0 Å². The molecule has 3 rings (SSSR count). The molecule has 0 fully saturated rings. The van der Waals surface area contributed by atoms with Crippen molar-refractivity contribution >= 4 is 10.9 Å². The highest BCUT2D eigenvalue weighted by Gasteiger charge is 2.12. The summed E-state index contributed by atoms with van der Waals surface area (Å²) in [5.74, 6) is 0.725. The predicted octanol–water partition coefficient (Wildman–Crippen LogP) is 2.96. The highest BCUT2D eigenvalue weighted by atomic mass is 16.5. The molecule has 0 unspecified atom stereocenters. The van der Waals surface area contributed by atoms with E-state index in [1.807, 2.05) is 61.5 Å². The molecule has 0 saturated carbocycles. The van der Waals surface area contributed by atoms with E-state index >= 15 is 0 Å². The van der Waals surface area contributed by atoms with Crippen LogP contribution in [-0.2, 0) is 11.2 Å². The summed E-state index contributed by atoms with van der Waals surface area (Å²) in [6.45, 7) is 3.16. The maximum Gasteiger partial charge on any atom is 0.265 e. The van der Waals surface area contributed by atoms with Crippen LogP contribution in [0.25, 0.3) is 16.6 Å². The Morgan fingerprint density at radius 3 is 2.55 bits per heavy atom. The quantitative estimate of drug-likeness (QED) is 0.680. The Balaban J connectivity index is 2.20. The molecule has 0 N–H and O–H groups in total. The summed E-state index contributed by atoms with van der Waals surface area (Å²) in [5, 5.41) is 0.631. The number of para-hydroxylation sites is 2. The molecule has 4 heteroatoms.